The molecule has 0 aliphatic heterocycles. The minimum atomic E-state index is 0.255. The summed E-state index contributed by atoms with van der Waals surface area (Å²) in [5, 5.41) is 12.9. The Labute approximate surface area is 92.9 Å². The number of thioether (sulfide) groups is 1. The molecule has 0 aliphatic rings. The van der Waals surface area contributed by atoms with Crippen molar-refractivity contribution in [2.45, 2.75) is 45.4 Å². The number of aliphatic hydroxyl groups is 1. The molecule has 0 saturated heterocycles. The summed E-state index contributed by atoms with van der Waals surface area (Å²) in [6, 6.07) is 0.386. The van der Waals surface area contributed by atoms with Crippen molar-refractivity contribution in [2.75, 3.05) is 19.4 Å². The number of aliphatic hydroxyl groups excluding tert-OH is 1. The van der Waals surface area contributed by atoms with E-state index in [2.05, 4.69) is 33.0 Å². The molecule has 0 fully saturated rings. The van der Waals surface area contributed by atoms with Crippen molar-refractivity contribution in [1.82, 2.24) is 5.32 Å². The van der Waals surface area contributed by atoms with E-state index in [4.69, 9.17) is 5.11 Å². The van der Waals surface area contributed by atoms with Crippen LogP contribution in [-0.2, 0) is 0 Å². The summed E-state index contributed by atoms with van der Waals surface area (Å²) in [5.74, 6) is 0. The topological polar surface area (TPSA) is 32.3 Å². The van der Waals surface area contributed by atoms with Crippen LogP contribution in [0.1, 0.15) is 34.1 Å². The second-order valence-electron chi connectivity index (χ2n) is 5.01. The zero-order valence-electron chi connectivity index (χ0n) is 10.1. The van der Waals surface area contributed by atoms with Crippen LogP contribution in [-0.4, -0.2) is 35.8 Å². The second-order valence-corrected chi connectivity index (χ2v) is 6.09. The fourth-order valence-electron chi connectivity index (χ4n) is 1.24. The Balaban J connectivity index is 3.67. The molecule has 14 heavy (non-hydrogen) atoms. The lowest BCUT2D eigenvalue weighted by Gasteiger charge is -2.24. The monoisotopic (exact) mass is 219 g/mol. The zero-order valence-corrected chi connectivity index (χ0v) is 10.9. The first-order valence-corrected chi connectivity index (χ1v) is 6.56. The predicted octanol–water partition coefficient (Wildman–Crippen LogP) is 2.12. The van der Waals surface area contributed by atoms with E-state index in [1.807, 2.05) is 6.26 Å². The number of nitrogens with one attached hydrogen (secondary N) is 1. The SMILES string of the molecule is CSC(CO)C(C)NCCC(C)(C)C. The van der Waals surface area contributed by atoms with E-state index in [1.54, 1.807) is 11.8 Å². The van der Waals surface area contributed by atoms with Crippen molar-refractivity contribution in [3.05, 3.63) is 0 Å². The number of hydrogen-bond donors (Lipinski definition) is 2. The normalized spacial score (nSPS) is 16.7. The third-order valence-corrected chi connectivity index (χ3v) is 3.54. The van der Waals surface area contributed by atoms with Crippen LogP contribution in [0, 0.1) is 5.41 Å². The highest BCUT2D eigenvalue weighted by Crippen LogP contribution is 2.17. The highest BCUT2D eigenvalue weighted by atomic mass is 32.2. The molecule has 2 unspecified atom stereocenters. The van der Waals surface area contributed by atoms with E-state index in [-0.39, 0.29) is 6.61 Å². The van der Waals surface area contributed by atoms with E-state index in [0.717, 1.165) is 6.54 Å². The van der Waals surface area contributed by atoms with Gasteiger partial charge in [-0.3, -0.25) is 0 Å². The molecule has 86 valence electrons. The Morgan fingerprint density at radius 2 is 1.93 bits per heavy atom. The molecule has 0 aromatic rings. The summed E-state index contributed by atoms with van der Waals surface area (Å²) in [6.45, 7) is 10.2. The maximum atomic E-state index is 9.09. The van der Waals surface area contributed by atoms with Crippen molar-refractivity contribution >= 4 is 11.8 Å². The van der Waals surface area contributed by atoms with Gasteiger partial charge in [-0.1, -0.05) is 20.8 Å². The average Bonchev–Trinajstić information content (AvgIpc) is 2.04. The second kappa shape index (κ2) is 6.70. The smallest absolute Gasteiger partial charge is 0.0564 e. The first-order chi connectivity index (χ1) is 6.40. The van der Waals surface area contributed by atoms with Crippen molar-refractivity contribution in [3.63, 3.8) is 0 Å². The first kappa shape index (κ1) is 14.3. The van der Waals surface area contributed by atoms with Crippen molar-refractivity contribution in [2.24, 2.45) is 5.41 Å². The molecule has 0 rings (SSSR count). The van der Waals surface area contributed by atoms with Crippen molar-refractivity contribution < 1.29 is 5.11 Å². The number of hydrogen-bond acceptors (Lipinski definition) is 3. The van der Waals surface area contributed by atoms with Crippen LogP contribution < -0.4 is 5.32 Å². The molecule has 0 heterocycles. The minimum absolute atomic E-state index is 0.255. The largest absolute Gasteiger partial charge is 0.395 e. The van der Waals surface area contributed by atoms with Crippen LogP contribution >= 0.6 is 11.8 Å². The van der Waals surface area contributed by atoms with Crippen LogP contribution in [0.3, 0.4) is 0 Å². The molecule has 0 amide bonds. The van der Waals surface area contributed by atoms with Crippen LogP contribution in [0.15, 0.2) is 0 Å². The van der Waals surface area contributed by atoms with Gasteiger partial charge in [0.05, 0.1) is 6.61 Å². The molecule has 0 aromatic carbocycles. The molecule has 0 aliphatic carbocycles. The highest BCUT2D eigenvalue weighted by molar-refractivity contribution is 7.99. The molecule has 2 nitrogen and oxygen atoms in total. The van der Waals surface area contributed by atoms with Gasteiger partial charge in [-0.25, -0.2) is 0 Å². The van der Waals surface area contributed by atoms with Crippen LogP contribution in [0.2, 0.25) is 0 Å². The van der Waals surface area contributed by atoms with Gasteiger partial charge < -0.3 is 10.4 Å². The lowest BCUT2D eigenvalue weighted by atomic mass is 9.92. The van der Waals surface area contributed by atoms with Gasteiger partial charge in [0, 0.05) is 11.3 Å². The molecular weight excluding hydrogens is 194 g/mol. The van der Waals surface area contributed by atoms with Crippen LogP contribution in [0.25, 0.3) is 0 Å². The molecule has 0 saturated carbocycles. The van der Waals surface area contributed by atoms with E-state index in [9.17, 15) is 0 Å². The standard InChI is InChI=1S/C11H25NOS/c1-9(10(8-13)14-5)12-7-6-11(2,3)4/h9-10,12-13H,6-8H2,1-5H3. The van der Waals surface area contributed by atoms with Gasteiger partial charge in [-0.15, -0.1) is 0 Å². The highest BCUT2D eigenvalue weighted by Gasteiger charge is 2.15. The zero-order chi connectivity index (χ0) is 11.2. The molecule has 2 N–H and O–H groups in total. The molecule has 0 radical (unpaired) electrons. The number of rotatable bonds is 6. The van der Waals surface area contributed by atoms with Gasteiger partial charge >= 0.3 is 0 Å². The Kier molecular flexibility index (Phi) is 6.83. The Morgan fingerprint density at radius 1 is 1.36 bits per heavy atom. The van der Waals surface area contributed by atoms with Gasteiger partial charge in [0.15, 0.2) is 0 Å². The molecule has 3 heteroatoms. The predicted molar refractivity (Wildman–Crippen MR) is 65.9 cm³/mol. The molecule has 0 aromatic heterocycles. The van der Waals surface area contributed by atoms with Crippen LogP contribution in [0.5, 0.6) is 0 Å². The lowest BCUT2D eigenvalue weighted by Crippen LogP contribution is -2.38. The third kappa shape index (κ3) is 6.68. The van der Waals surface area contributed by atoms with E-state index in [0.29, 0.717) is 16.7 Å². The molecular formula is C11H25NOS. The van der Waals surface area contributed by atoms with Gasteiger partial charge in [0.25, 0.3) is 0 Å². The van der Waals surface area contributed by atoms with Gasteiger partial charge in [0.2, 0.25) is 0 Å². The van der Waals surface area contributed by atoms with E-state index < -0.39 is 0 Å². The van der Waals surface area contributed by atoms with Gasteiger partial charge in [-0.2, -0.15) is 11.8 Å². The summed E-state index contributed by atoms with van der Waals surface area (Å²) >= 11 is 1.72. The maximum absolute atomic E-state index is 9.09. The molecule has 2 atom stereocenters. The fourth-order valence-corrected chi connectivity index (χ4v) is 1.90. The van der Waals surface area contributed by atoms with Gasteiger partial charge in [-0.05, 0) is 31.6 Å². The minimum Gasteiger partial charge on any atom is -0.395 e. The fraction of sp³-hybridized carbons (Fsp3) is 1.00. The quantitative estimate of drug-likeness (QED) is 0.718. The van der Waals surface area contributed by atoms with Crippen LogP contribution in [0.4, 0.5) is 0 Å². The summed E-state index contributed by atoms with van der Waals surface area (Å²) in [5.41, 5.74) is 0.390. The Morgan fingerprint density at radius 3 is 2.29 bits per heavy atom. The molecule has 0 bridgehead atoms. The summed E-state index contributed by atoms with van der Waals surface area (Å²) in [6.07, 6.45) is 3.21. The van der Waals surface area contributed by atoms with Crippen molar-refractivity contribution in [3.8, 4) is 0 Å². The summed E-state index contributed by atoms with van der Waals surface area (Å²) < 4.78 is 0. The third-order valence-electron chi connectivity index (χ3n) is 2.38. The van der Waals surface area contributed by atoms with Gasteiger partial charge in [0.1, 0.15) is 0 Å². The average molecular weight is 219 g/mol. The van der Waals surface area contributed by atoms with E-state index in [1.165, 1.54) is 6.42 Å². The van der Waals surface area contributed by atoms with Crippen molar-refractivity contribution in [1.29, 1.82) is 0 Å². The Bertz CT molecular complexity index is 141. The molecule has 0 spiro atoms. The Hall–Kier alpha value is 0.270. The lowest BCUT2D eigenvalue weighted by molar-refractivity contribution is 0.272. The maximum Gasteiger partial charge on any atom is 0.0564 e. The summed E-state index contributed by atoms with van der Waals surface area (Å²) in [4.78, 5) is 0. The first-order valence-electron chi connectivity index (χ1n) is 5.27. The summed E-state index contributed by atoms with van der Waals surface area (Å²) in [7, 11) is 0. The van der Waals surface area contributed by atoms with E-state index >= 15 is 0 Å².